The number of halogens is 1. The molecule has 0 amide bonds. The van der Waals surface area contributed by atoms with Crippen molar-refractivity contribution in [2.24, 2.45) is 0 Å². The molecule has 2 atom stereocenters. The van der Waals surface area contributed by atoms with Crippen molar-refractivity contribution < 1.29 is 19.7 Å². The van der Waals surface area contributed by atoms with Crippen LogP contribution in [0.3, 0.4) is 0 Å². The molecule has 3 aromatic carbocycles. The van der Waals surface area contributed by atoms with E-state index in [2.05, 4.69) is 25.2 Å². The number of carboxylic acid groups (broad SMARTS) is 1. The van der Waals surface area contributed by atoms with Crippen LogP contribution < -0.4 is 5.32 Å². The smallest absolute Gasteiger partial charge is 0.335 e. The van der Waals surface area contributed by atoms with E-state index < -0.39 is 12.1 Å². The molecule has 0 radical (unpaired) electrons. The van der Waals surface area contributed by atoms with Crippen molar-refractivity contribution in [3.63, 3.8) is 0 Å². The number of benzene rings is 3. The average molecular weight is 510 g/mol. The molecule has 0 fully saturated rings. The van der Waals surface area contributed by atoms with Crippen LogP contribution in [0.2, 0.25) is 5.02 Å². The van der Waals surface area contributed by atoms with Gasteiger partial charge in [-0.2, -0.15) is 0 Å². The molecule has 36 heavy (non-hydrogen) atoms. The van der Waals surface area contributed by atoms with Crippen molar-refractivity contribution in [2.75, 3.05) is 13.2 Å². The van der Waals surface area contributed by atoms with Crippen molar-refractivity contribution in [2.45, 2.75) is 58.8 Å². The number of nitrogens with one attached hydrogen (secondary N) is 1. The van der Waals surface area contributed by atoms with E-state index in [1.54, 1.807) is 13.0 Å². The first kappa shape index (κ1) is 27.9. The minimum absolute atomic E-state index is 0.186. The first-order valence-electron chi connectivity index (χ1n) is 12.2. The highest BCUT2D eigenvalue weighted by molar-refractivity contribution is 6.31. The molecule has 0 heterocycles. The fourth-order valence-electron chi connectivity index (χ4n) is 4.30. The second-order valence-corrected chi connectivity index (χ2v) is 10.5. The van der Waals surface area contributed by atoms with Gasteiger partial charge in [0.1, 0.15) is 0 Å². The quantitative estimate of drug-likeness (QED) is 0.280. The molecule has 5 nitrogen and oxygen atoms in total. The summed E-state index contributed by atoms with van der Waals surface area (Å²) in [4.78, 5) is 11.4. The summed E-state index contributed by atoms with van der Waals surface area (Å²) < 4.78 is 6.06. The Labute approximate surface area is 219 Å². The lowest BCUT2D eigenvalue weighted by molar-refractivity contribution is -0.00397. The zero-order valence-electron chi connectivity index (χ0n) is 21.6. The first-order valence-corrected chi connectivity index (χ1v) is 12.6. The Balaban J connectivity index is 1.59. The Bertz CT molecular complexity index is 1210. The normalized spacial score (nSPS) is 13.4. The van der Waals surface area contributed by atoms with Gasteiger partial charge in [-0.15, -0.1) is 0 Å². The van der Waals surface area contributed by atoms with Crippen LogP contribution in [0.5, 0.6) is 0 Å². The zero-order valence-corrected chi connectivity index (χ0v) is 22.4. The molecule has 0 aliphatic rings. The summed E-state index contributed by atoms with van der Waals surface area (Å²) in [5.74, 6) is -0.933. The van der Waals surface area contributed by atoms with Crippen LogP contribution >= 0.6 is 11.6 Å². The molecule has 3 N–H and O–H groups in total. The Kier molecular flexibility index (Phi) is 9.31. The van der Waals surface area contributed by atoms with Crippen molar-refractivity contribution in [3.05, 3.63) is 93.5 Å². The molecule has 0 spiro atoms. The van der Waals surface area contributed by atoms with Gasteiger partial charge in [0.05, 0.1) is 24.4 Å². The van der Waals surface area contributed by atoms with Gasteiger partial charge in [0.25, 0.3) is 0 Å². The van der Waals surface area contributed by atoms with Gasteiger partial charge in [-0.25, -0.2) is 4.79 Å². The lowest BCUT2D eigenvalue weighted by Gasteiger charge is -2.28. The largest absolute Gasteiger partial charge is 0.478 e. The summed E-state index contributed by atoms with van der Waals surface area (Å²) in [6.45, 7) is 10.5. The number of ether oxygens (including phenoxy) is 1. The molecule has 192 valence electrons. The molecule has 3 rings (SSSR count). The number of β-amino-alcohol motifs (C(OH)–C–C–N with tert-alkyl or cyclic N) is 1. The number of aliphatic hydroxyl groups excluding tert-OH is 1. The number of aliphatic hydroxyl groups is 1. The molecular weight excluding hydrogens is 474 g/mol. The van der Waals surface area contributed by atoms with Crippen LogP contribution in [0, 0.1) is 13.8 Å². The second kappa shape index (κ2) is 12.0. The summed E-state index contributed by atoms with van der Waals surface area (Å²) in [5.41, 5.74) is 5.88. The molecule has 0 aliphatic heterocycles. The lowest BCUT2D eigenvalue weighted by Crippen LogP contribution is -2.46. The predicted octanol–water partition coefficient (Wildman–Crippen LogP) is 6.37. The van der Waals surface area contributed by atoms with Crippen LogP contribution in [0.15, 0.2) is 60.7 Å². The Morgan fingerprint density at radius 2 is 1.78 bits per heavy atom. The van der Waals surface area contributed by atoms with E-state index in [4.69, 9.17) is 16.3 Å². The first-order chi connectivity index (χ1) is 17.0. The van der Waals surface area contributed by atoms with Gasteiger partial charge in [0.15, 0.2) is 0 Å². The fourth-order valence-corrected chi connectivity index (χ4v) is 4.51. The minimum Gasteiger partial charge on any atom is -0.478 e. The Morgan fingerprint density at radius 1 is 1.06 bits per heavy atom. The summed E-state index contributed by atoms with van der Waals surface area (Å²) in [6.07, 6.45) is -0.139. The van der Waals surface area contributed by atoms with Gasteiger partial charge in [0.2, 0.25) is 0 Å². The van der Waals surface area contributed by atoms with E-state index in [1.807, 2.05) is 62.4 Å². The van der Waals surface area contributed by atoms with Crippen molar-refractivity contribution in [1.29, 1.82) is 0 Å². The van der Waals surface area contributed by atoms with Crippen LogP contribution in [-0.4, -0.2) is 41.0 Å². The van der Waals surface area contributed by atoms with E-state index in [9.17, 15) is 15.0 Å². The maximum atomic E-state index is 11.4. The Hall–Kier alpha value is -2.70. The number of aryl methyl sites for hydroxylation is 2. The van der Waals surface area contributed by atoms with Crippen LogP contribution in [0.4, 0.5) is 0 Å². The van der Waals surface area contributed by atoms with E-state index in [0.29, 0.717) is 17.7 Å². The molecule has 6 heteroatoms. The van der Waals surface area contributed by atoms with Gasteiger partial charge in [-0.3, -0.25) is 0 Å². The average Bonchev–Trinajstić information content (AvgIpc) is 2.83. The fraction of sp³-hybridized carbons (Fsp3) is 0.367. The molecule has 0 bridgehead atoms. The van der Waals surface area contributed by atoms with Gasteiger partial charge in [0, 0.05) is 17.1 Å². The van der Waals surface area contributed by atoms with Gasteiger partial charge < -0.3 is 20.3 Å². The third kappa shape index (κ3) is 7.40. The van der Waals surface area contributed by atoms with E-state index in [1.165, 1.54) is 0 Å². The lowest BCUT2D eigenvalue weighted by atomic mass is 9.94. The number of hydrogen-bond donors (Lipinski definition) is 3. The van der Waals surface area contributed by atoms with Crippen molar-refractivity contribution in [1.82, 2.24) is 5.32 Å². The standard InChI is InChI=1S/C30H36ClNO4/c1-19-10-11-22(15-28(19)31)16-30(4,5)32-17-24(33)18-36-21(3)26-8-6-7-9-27(26)23-12-13-25(29(34)35)20(2)14-23/h6-15,21,24,32-33H,16-18H2,1-5H3,(H,34,35)/t21?,24-/m0/s1. The molecule has 0 aromatic heterocycles. The maximum Gasteiger partial charge on any atom is 0.335 e. The number of rotatable bonds is 11. The second-order valence-electron chi connectivity index (χ2n) is 10.1. The maximum absolute atomic E-state index is 11.4. The highest BCUT2D eigenvalue weighted by Gasteiger charge is 2.21. The molecular formula is C30H36ClNO4. The topological polar surface area (TPSA) is 78.8 Å². The third-order valence-corrected chi connectivity index (χ3v) is 6.81. The van der Waals surface area contributed by atoms with Gasteiger partial charge >= 0.3 is 5.97 Å². The number of hydrogen-bond acceptors (Lipinski definition) is 4. The van der Waals surface area contributed by atoms with Gasteiger partial charge in [-0.1, -0.05) is 60.1 Å². The summed E-state index contributed by atoms with van der Waals surface area (Å²) in [5, 5.41) is 24.1. The molecule has 3 aromatic rings. The minimum atomic E-state index is -0.933. The van der Waals surface area contributed by atoms with Gasteiger partial charge in [-0.05, 0) is 86.6 Å². The van der Waals surface area contributed by atoms with E-state index >= 15 is 0 Å². The molecule has 0 saturated heterocycles. The van der Waals surface area contributed by atoms with Crippen LogP contribution in [-0.2, 0) is 11.2 Å². The number of aromatic carboxylic acids is 1. The zero-order chi connectivity index (χ0) is 26.5. The molecule has 0 saturated carbocycles. The Morgan fingerprint density at radius 3 is 2.44 bits per heavy atom. The summed E-state index contributed by atoms with van der Waals surface area (Å²) in [7, 11) is 0. The van der Waals surface area contributed by atoms with E-state index in [0.717, 1.165) is 39.3 Å². The van der Waals surface area contributed by atoms with Crippen LogP contribution in [0.1, 0.15) is 59.5 Å². The molecule has 1 unspecified atom stereocenters. The number of carboxylic acids is 1. The van der Waals surface area contributed by atoms with Crippen molar-refractivity contribution >= 4 is 17.6 Å². The number of carbonyl (C=O) groups is 1. The highest BCUT2D eigenvalue weighted by atomic mass is 35.5. The van der Waals surface area contributed by atoms with Crippen molar-refractivity contribution in [3.8, 4) is 11.1 Å². The SMILES string of the molecule is Cc1ccc(CC(C)(C)NC[C@H](O)COC(C)c2ccccc2-c2ccc(C(=O)O)c(C)c2)cc1Cl. The van der Waals surface area contributed by atoms with E-state index in [-0.39, 0.29) is 18.2 Å². The third-order valence-electron chi connectivity index (χ3n) is 6.40. The predicted molar refractivity (Wildman–Crippen MR) is 146 cm³/mol. The molecule has 0 aliphatic carbocycles. The summed E-state index contributed by atoms with van der Waals surface area (Å²) >= 11 is 6.27. The summed E-state index contributed by atoms with van der Waals surface area (Å²) in [6, 6.07) is 19.4. The monoisotopic (exact) mass is 509 g/mol. The van der Waals surface area contributed by atoms with Crippen LogP contribution in [0.25, 0.3) is 11.1 Å². The highest BCUT2D eigenvalue weighted by Crippen LogP contribution is 2.31.